The summed E-state index contributed by atoms with van der Waals surface area (Å²) in [5, 5.41) is 10.5. The molecule has 0 atom stereocenters. The van der Waals surface area contributed by atoms with Crippen molar-refractivity contribution in [3.8, 4) is 22.8 Å². The van der Waals surface area contributed by atoms with E-state index in [9.17, 15) is 4.79 Å². The fourth-order valence-corrected chi connectivity index (χ4v) is 3.96. The molecular weight excluding hydrogens is 406 g/mol. The monoisotopic (exact) mass is 425 g/mol. The molecule has 0 saturated carbocycles. The molecule has 4 rings (SSSR count). The van der Waals surface area contributed by atoms with Gasteiger partial charge in [-0.1, -0.05) is 30.3 Å². The van der Waals surface area contributed by atoms with Crippen LogP contribution in [0, 0.1) is 0 Å². The number of methoxy groups -OCH3 is 2. The van der Waals surface area contributed by atoms with Crippen LogP contribution in [-0.4, -0.2) is 42.8 Å². The number of amides is 1. The highest BCUT2D eigenvalue weighted by atomic mass is 32.2. The van der Waals surface area contributed by atoms with Crippen molar-refractivity contribution >= 4 is 28.4 Å². The number of anilines is 1. The number of rotatable bonds is 6. The summed E-state index contributed by atoms with van der Waals surface area (Å²) >= 11 is 1.58. The number of carbonyl (C=O) groups excluding carboxylic acids is 1. The SMILES string of the molecule is COc1ccc(-c2nonc2NC(=O)C2=C(c3ccccc3)SCCO2)cc1OC. The number of thioether (sulfide) groups is 1. The minimum absolute atomic E-state index is 0.186. The first-order chi connectivity index (χ1) is 14.7. The van der Waals surface area contributed by atoms with Crippen molar-refractivity contribution in [3.63, 3.8) is 0 Å². The van der Waals surface area contributed by atoms with Gasteiger partial charge in [0, 0.05) is 11.3 Å². The second kappa shape index (κ2) is 8.91. The third-order valence-corrected chi connectivity index (χ3v) is 5.48. The van der Waals surface area contributed by atoms with Crippen LogP contribution in [0.2, 0.25) is 0 Å². The first kappa shape index (κ1) is 19.8. The Morgan fingerprint density at radius 1 is 1.03 bits per heavy atom. The van der Waals surface area contributed by atoms with Crippen LogP contribution in [0.25, 0.3) is 16.2 Å². The lowest BCUT2D eigenvalue weighted by Gasteiger charge is -2.20. The minimum atomic E-state index is -0.418. The Hall–Kier alpha value is -3.46. The fourth-order valence-electron chi connectivity index (χ4n) is 3.00. The van der Waals surface area contributed by atoms with Gasteiger partial charge in [-0.2, -0.15) is 0 Å². The quantitative estimate of drug-likeness (QED) is 0.637. The fraction of sp³-hybridized carbons (Fsp3) is 0.190. The van der Waals surface area contributed by atoms with Crippen LogP contribution in [0.15, 0.2) is 58.9 Å². The zero-order valence-electron chi connectivity index (χ0n) is 16.4. The maximum Gasteiger partial charge on any atom is 0.293 e. The predicted octanol–water partition coefficient (Wildman–Crippen LogP) is 3.82. The van der Waals surface area contributed by atoms with Crippen molar-refractivity contribution in [2.45, 2.75) is 0 Å². The molecule has 3 aromatic rings. The standard InChI is InChI=1S/C21H19N3O5S/c1-26-15-9-8-14(12-16(15)27-2)17-20(24-29-23-17)22-21(25)18-19(30-11-10-28-18)13-6-4-3-5-7-13/h3-9,12H,10-11H2,1-2H3,(H,22,24,25). The molecule has 1 aliphatic heterocycles. The zero-order chi connectivity index (χ0) is 20.9. The zero-order valence-corrected chi connectivity index (χ0v) is 17.2. The molecule has 2 heterocycles. The number of nitrogens with one attached hydrogen (secondary N) is 1. The van der Waals surface area contributed by atoms with Crippen LogP contribution >= 0.6 is 11.8 Å². The van der Waals surface area contributed by atoms with Crippen LogP contribution in [0.4, 0.5) is 5.82 Å². The van der Waals surface area contributed by atoms with E-state index in [1.807, 2.05) is 30.3 Å². The van der Waals surface area contributed by atoms with Crippen LogP contribution in [0.1, 0.15) is 5.56 Å². The van der Waals surface area contributed by atoms with Gasteiger partial charge in [0.2, 0.25) is 5.82 Å². The first-order valence-electron chi connectivity index (χ1n) is 9.13. The summed E-state index contributed by atoms with van der Waals surface area (Å²) in [4.78, 5) is 13.8. The second-order valence-electron chi connectivity index (χ2n) is 6.21. The van der Waals surface area contributed by atoms with Gasteiger partial charge in [-0.05, 0) is 34.1 Å². The summed E-state index contributed by atoms with van der Waals surface area (Å²) in [7, 11) is 3.10. The van der Waals surface area contributed by atoms with Gasteiger partial charge < -0.3 is 14.2 Å². The van der Waals surface area contributed by atoms with Gasteiger partial charge in [-0.15, -0.1) is 11.8 Å². The first-order valence-corrected chi connectivity index (χ1v) is 10.1. The van der Waals surface area contributed by atoms with Crippen molar-refractivity contribution in [2.24, 2.45) is 0 Å². The van der Waals surface area contributed by atoms with Crippen molar-refractivity contribution in [2.75, 3.05) is 31.9 Å². The number of nitrogens with zero attached hydrogens (tertiary/aromatic N) is 2. The number of benzene rings is 2. The molecule has 0 saturated heterocycles. The van der Waals surface area contributed by atoms with E-state index in [-0.39, 0.29) is 11.6 Å². The Morgan fingerprint density at radius 3 is 2.60 bits per heavy atom. The molecular formula is C21H19N3O5S. The van der Waals surface area contributed by atoms with Crippen molar-refractivity contribution in [3.05, 3.63) is 59.9 Å². The molecule has 0 spiro atoms. The van der Waals surface area contributed by atoms with Crippen LogP contribution < -0.4 is 14.8 Å². The highest BCUT2D eigenvalue weighted by molar-refractivity contribution is 8.08. The van der Waals surface area contributed by atoms with Crippen LogP contribution in [-0.2, 0) is 9.53 Å². The molecule has 0 unspecified atom stereocenters. The van der Waals surface area contributed by atoms with E-state index in [1.54, 1.807) is 44.2 Å². The Balaban J connectivity index is 1.64. The Labute approximate surface area is 177 Å². The van der Waals surface area contributed by atoms with Gasteiger partial charge in [0.1, 0.15) is 0 Å². The summed E-state index contributed by atoms with van der Waals surface area (Å²) in [5.74, 6) is 1.89. The summed E-state index contributed by atoms with van der Waals surface area (Å²) < 4.78 is 21.2. The third kappa shape index (κ3) is 3.97. The van der Waals surface area contributed by atoms with Gasteiger partial charge in [0.15, 0.2) is 23.0 Å². The molecule has 1 N–H and O–H groups in total. The van der Waals surface area contributed by atoms with E-state index in [2.05, 4.69) is 15.6 Å². The molecule has 9 heteroatoms. The number of hydrogen-bond acceptors (Lipinski definition) is 8. The van der Waals surface area contributed by atoms with Gasteiger partial charge >= 0.3 is 0 Å². The Bertz CT molecular complexity index is 1080. The third-order valence-electron chi connectivity index (χ3n) is 4.40. The van der Waals surface area contributed by atoms with Crippen molar-refractivity contribution in [1.82, 2.24) is 10.3 Å². The van der Waals surface area contributed by atoms with Crippen LogP contribution in [0.3, 0.4) is 0 Å². The highest BCUT2D eigenvalue weighted by Gasteiger charge is 2.25. The van der Waals surface area contributed by atoms with E-state index in [1.165, 1.54) is 0 Å². The van der Waals surface area contributed by atoms with Gasteiger partial charge in [0.05, 0.1) is 25.7 Å². The number of aromatic nitrogens is 2. The highest BCUT2D eigenvalue weighted by Crippen LogP contribution is 2.36. The van der Waals surface area contributed by atoms with Crippen molar-refractivity contribution in [1.29, 1.82) is 0 Å². The normalized spacial score (nSPS) is 13.5. The maximum atomic E-state index is 13.0. The van der Waals surface area contributed by atoms with Crippen molar-refractivity contribution < 1.29 is 23.6 Å². The summed E-state index contributed by atoms with van der Waals surface area (Å²) in [6.45, 7) is 0.448. The lowest BCUT2D eigenvalue weighted by molar-refractivity contribution is -0.115. The van der Waals surface area contributed by atoms with Crippen LogP contribution in [0.5, 0.6) is 11.5 Å². The molecule has 0 radical (unpaired) electrons. The molecule has 154 valence electrons. The number of hydrogen-bond donors (Lipinski definition) is 1. The molecule has 30 heavy (non-hydrogen) atoms. The summed E-state index contributed by atoms with van der Waals surface area (Å²) in [6.07, 6.45) is 0. The lowest BCUT2D eigenvalue weighted by Crippen LogP contribution is -2.21. The van der Waals surface area contributed by atoms with E-state index < -0.39 is 5.91 Å². The Morgan fingerprint density at radius 2 is 1.83 bits per heavy atom. The van der Waals surface area contributed by atoms with E-state index in [4.69, 9.17) is 18.8 Å². The molecule has 1 amide bonds. The van der Waals surface area contributed by atoms with E-state index in [0.29, 0.717) is 29.4 Å². The summed E-state index contributed by atoms with van der Waals surface area (Å²) in [5.41, 5.74) is 1.95. The van der Waals surface area contributed by atoms with Gasteiger partial charge in [-0.3, -0.25) is 10.1 Å². The average Bonchev–Trinajstić information content (AvgIpc) is 3.27. The molecule has 0 aliphatic carbocycles. The average molecular weight is 425 g/mol. The lowest BCUT2D eigenvalue weighted by atomic mass is 10.1. The molecule has 0 bridgehead atoms. The Kier molecular flexibility index (Phi) is 5.89. The molecule has 0 fully saturated rings. The van der Waals surface area contributed by atoms with E-state index in [0.717, 1.165) is 16.2 Å². The van der Waals surface area contributed by atoms with Gasteiger partial charge in [0.25, 0.3) is 5.91 Å². The topological polar surface area (TPSA) is 95.7 Å². The predicted molar refractivity (Wildman–Crippen MR) is 113 cm³/mol. The molecule has 1 aliphatic rings. The number of carbonyl (C=O) groups is 1. The molecule has 2 aromatic carbocycles. The minimum Gasteiger partial charge on any atom is -0.493 e. The number of ether oxygens (including phenoxy) is 3. The van der Waals surface area contributed by atoms with E-state index >= 15 is 0 Å². The summed E-state index contributed by atoms with van der Waals surface area (Å²) in [6, 6.07) is 14.9. The maximum absolute atomic E-state index is 13.0. The largest absolute Gasteiger partial charge is 0.493 e. The molecule has 8 nitrogen and oxygen atoms in total. The second-order valence-corrected chi connectivity index (χ2v) is 7.31. The smallest absolute Gasteiger partial charge is 0.293 e. The van der Waals surface area contributed by atoms with Gasteiger partial charge in [-0.25, -0.2) is 4.63 Å². The molecule has 1 aromatic heterocycles.